The number of carboxylic acid groups (broad SMARTS) is 1. The van der Waals surface area contributed by atoms with Crippen molar-refractivity contribution in [3.05, 3.63) is 22.8 Å². The number of thioether (sulfide) groups is 1. The Balaban J connectivity index is 2.17. The van der Waals surface area contributed by atoms with Gasteiger partial charge >= 0.3 is 5.97 Å². The van der Waals surface area contributed by atoms with Crippen LogP contribution in [0.25, 0.3) is 0 Å². The van der Waals surface area contributed by atoms with E-state index in [9.17, 15) is 9.59 Å². The van der Waals surface area contributed by atoms with Gasteiger partial charge in [-0.2, -0.15) is 0 Å². The fourth-order valence-electron chi connectivity index (χ4n) is 1.75. The van der Waals surface area contributed by atoms with Crippen molar-refractivity contribution < 1.29 is 14.7 Å². The van der Waals surface area contributed by atoms with E-state index in [4.69, 9.17) is 16.7 Å². The third-order valence-electron chi connectivity index (χ3n) is 2.43. The Hall–Kier alpha value is -0.740. The van der Waals surface area contributed by atoms with Crippen LogP contribution in [0.2, 0.25) is 0 Å². The lowest BCUT2D eigenvalue weighted by molar-refractivity contribution is -0.138. The van der Waals surface area contributed by atoms with E-state index in [1.165, 1.54) is 11.8 Å². The Labute approximate surface area is 96.2 Å². The summed E-state index contributed by atoms with van der Waals surface area (Å²) < 4.78 is 0. The van der Waals surface area contributed by atoms with Gasteiger partial charge in [-0.05, 0) is 12.5 Å². The second kappa shape index (κ2) is 4.02. The van der Waals surface area contributed by atoms with Crippen molar-refractivity contribution >= 4 is 35.1 Å². The smallest absolute Gasteiger partial charge is 0.304 e. The number of allylic oxidation sites excluding steroid dienone is 3. The number of Topliss-reactive ketones (excluding diaryl/α,β-unsaturated/α-hetero) is 1. The number of aliphatic carboxylic acids is 1. The third kappa shape index (κ3) is 2.11. The average Bonchev–Trinajstić information content (AvgIpc) is 2.44. The summed E-state index contributed by atoms with van der Waals surface area (Å²) >= 11 is 7.24. The summed E-state index contributed by atoms with van der Waals surface area (Å²) in [6, 6.07) is 0. The summed E-state index contributed by atoms with van der Waals surface area (Å²) in [5, 5.41) is 8.89. The number of carbonyl (C=O) groups is 2. The largest absolute Gasteiger partial charge is 0.481 e. The maximum Gasteiger partial charge on any atom is 0.304 e. The lowest BCUT2D eigenvalue weighted by atomic mass is 9.98. The fraction of sp³-hybridized carbons (Fsp3) is 0.400. The maximum absolute atomic E-state index is 11.8. The molecule has 80 valence electrons. The van der Waals surface area contributed by atoms with Crippen LogP contribution in [0.3, 0.4) is 0 Å². The number of rotatable bonds is 2. The van der Waals surface area contributed by atoms with E-state index in [-0.39, 0.29) is 17.5 Å². The Morgan fingerprint density at radius 3 is 3.07 bits per heavy atom. The zero-order valence-corrected chi connectivity index (χ0v) is 9.35. The zero-order valence-electron chi connectivity index (χ0n) is 7.77. The molecule has 1 saturated heterocycles. The molecule has 15 heavy (non-hydrogen) atoms. The van der Waals surface area contributed by atoms with Gasteiger partial charge in [0.05, 0.1) is 11.7 Å². The van der Waals surface area contributed by atoms with Crippen molar-refractivity contribution in [2.24, 2.45) is 0 Å². The summed E-state index contributed by atoms with van der Waals surface area (Å²) in [5.41, 5.74) is 0.679. The Morgan fingerprint density at radius 2 is 2.40 bits per heavy atom. The second-order valence-electron chi connectivity index (χ2n) is 3.50. The maximum atomic E-state index is 11.8. The summed E-state index contributed by atoms with van der Waals surface area (Å²) in [4.78, 5) is 22.3. The van der Waals surface area contributed by atoms with E-state index in [1.807, 2.05) is 6.08 Å². The molecule has 5 heteroatoms. The number of fused-ring (bicyclic) bond motifs is 1. The highest BCUT2D eigenvalue weighted by Gasteiger charge is 2.39. The number of halogens is 1. The number of hydrogen-bond acceptors (Lipinski definition) is 3. The Morgan fingerprint density at radius 1 is 1.67 bits per heavy atom. The molecular weight excluding hydrogens is 236 g/mol. The highest BCUT2D eigenvalue weighted by molar-refractivity contribution is 8.02. The van der Waals surface area contributed by atoms with Crippen molar-refractivity contribution in [3.63, 3.8) is 0 Å². The predicted molar refractivity (Wildman–Crippen MR) is 59.1 cm³/mol. The van der Waals surface area contributed by atoms with Crippen LogP contribution in [0.1, 0.15) is 12.8 Å². The molecule has 0 spiro atoms. The van der Waals surface area contributed by atoms with Gasteiger partial charge < -0.3 is 5.11 Å². The van der Waals surface area contributed by atoms with Gasteiger partial charge in [0, 0.05) is 15.9 Å². The van der Waals surface area contributed by atoms with Crippen LogP contribution in [-0.2, 0) is 9.59 Å². The normalized spacial score (nSPS) is 29.5. The Kier molecular flexibility index (Phi) is 2.89. The van der Waals surface area contributed by atoms with Crippen molar-refractivity contribution in [2.45, 2.75) is 23.3 Å². The first kappa shape index (κ1) is 10.8. The molecule has 1 heterocycles. The quantitative estimate of drug-likeness (QED) is 0.807. The first-order valence-electron chi connectivity index (χ1n) is 4.56. The van der Waals surface area contributed by atoms with Crippen LogP contribution in [0.4, 0.5) is 0 Å². The van der Waals surface area contributed by atoms with Crippen LogP contribution in [-0.4, -0.2) is 27.4 Å². The van der Waals surface area contributed by atoms with Crippen LogP contribution >= 0.6 is 23.4 Å². The molecule has 1 fully saturated rings. The first-order valence-corrected chi connectivity index (χ1v) is 5.88. The predicted octanol–water partition coefficient (Wildman–Crippen LogP) is 1.97. The highest BCUT2D eigenvalue weighted by Crippen LogP contribution is 2.42. The standard InChI is InChI=1S/C10H9ClO3S/c11-5-1-2-7-6(3-5)10(14)8(15-7)4-9(12)13/h1,3,7-8H,2,4H2,(H,12,13). The molecule has 0 aromatic carbocycles. The molecule has 2 rings (SSSR count). The van der Waals surface area contributed by atoms with Crippen LogP contribution in [0.5, 0.6) is 0 Å². The number of carboxylic acids is 1. The second-order valence-corrected chi connectivity index (χ2v) is 5.35. The van der Waals surface area contributed by atoms with Gasteiger partial charge in [-0.15, -0.1) is 11.8 Å². The summed E-state index contributed by atoms with van der Waals surface area (Å²) in [5.74, 6) is -1.00. The van der Waals surface area contributed by atoms with Crippen LogP contribution in [0.15, 0.2) is 22.8 Å². The first-order chi connectivity index (χ1) is 7.08. The van der Waals surface area contributed by atoms with Gasteiger partial charge in [0.25, 0.3) is 0 Å². The molecule has 3 nitrogen and oxygen atoms in total. The van der Waals surface area contributed by atoms with E-state index in [1.54, 1.807) is 6.08 Å². The monoisotopic (exact) mass is 244 g/mol. The van der Waals surface area contributed by atoms with Crippen LogP contribution < -0.4 is 0 Å². The third-order valence-corrected chi connectivity index (χ3v) is 4.18. The molecule has 0 radical (unpaired) electrons. The molecule has 2 atom stereocenters. The fourth-order valence-corrected chi connectivity index (χ4v) is 3.39. The summed E-state index contributed by atoms with van der Waals surface area (Å²) in [6.07, 6.45) is 4.14. The minimum Gasteiger partial charge on any atom is -0.481 e. The topological polar surface area (TPSA) is 54.4 Å². The molecule has 1 aliphatic carbocycles. The van der Waals surface area contributed by atoms with Gasteiger partial charge in [0.2, 0.25) is 0 Å². The van der Waals surface area contributed by atoms with Gasteiger partial charge in [0.15, 0.2) is 5.78 Å². The van der Waals surface area contributed by atoms with E-state index >= 15 is 0 Å². The lowest BCUT2D eigenvalue weighted by Gasteiger charge is -2.11. The number of hydrogen-bond donors (Lipinski definition) is 1. The molecule has 0 bridgehead atoms. The average molecular weight is 245 g/mol. The summed E-state index contributed by atoms with van der Waals surface area (Å²) in [7, 11) is 0. The van der Waals surface area contributed by atoms with Crippen molar-refractivity contribution in [3.8, 4) is 0 Å². The molecule has 0 amide bonds. The van der Waals surface area contributed by atoms with Gasteiger partial charge in [-0.25, -0.2) is 0 Å². The highest BCUT2D eigenvalue weighted by atomic mass is 35.5. The summed E-state index contributed by atoms with van der Waals surface area (Å²) in [6.45, 7) is 0. The minimum absolute atomic E-state index is 0.0707. The van der Waals surface area contributed by atoms with E-state index in [0.29, 0.717) is 10.6 Å². The number of ketones is 1. The minimum atomic E-state index is -0.931. The van der Waals surface area contributed by atoms with Gasteiger partial charge in [0.1, 0.15) is 0 Å². The molecule has 1 aliphatic heterocycles. The molecule has 0 aromatic heterocycles. The van der Waals surface area contributed by atoms with E-state index in [0.717, 1.165) is 6.42 Å². The van der Waals surface area contributed by atoms with Gasteiger partial charge in [-0.3, -0.25) is 9.59 Å². The molecule has 0 saturated carbocycles. The van der Waals surface area contributed by atoms with E-state index < -0.39 is 11.2 Å². The van der Waals surface area contributed by atoms with Crippen LogP contribution in [0, 0.1) is 0 Å². The van der Waals surface area contributed by atoms with E-state index in [2.05, 4.69) is 0 Å². The Bertz CT molecular complexity index is 386. The molecule has 2 aliphatic rings. The number of carbonyl (C=O) groups excluding carboxylic acids is 1. The van der Waals surface area contributed by atoms with Crippen molar-refractivity contribution in [1.82, 2.24) is 0 Å². The zero-order chi connectivity index (χ0) is 11.0. The molecule has 2 unspecified atom stereocenters. The lowest BCUT2D eigenvalue weighted by Crippen LogP contribution is -2.17. The molecule has 1 N–H and O–H groups in total. The molecular formula is C10H9ClO3S. The van der Waals surface area contributed by atoms with Crippen molar-refractivity contribution in [1.29, 1.82) is 0 Å². The van der Waals surface area contributed by atoms with Crippen molar-refractivity contribution in [2.75, 3.05) is 0 Å². The SMILES string of the molecule is O=C(O)CC1SC2CC=C(Cl)C=C2C1=O. The van der Waals surface area contributed by atoms with Gasteiger partial charge in [-0.1, -0.05) is 17.7 Å². The molecule has 0 aromatic rings.